The van der Waals surface area contributed by atoms with Crippen molar-refractivity contribution in [3.8, 4) is 23.3 Å². The van der Waals surface area contributed by atoms with E-state index in [-0.39, 0.29) is 42.5 Å². The molecule has 0 bridgehead atoms. The topological polar surface area (TPSA) is 138 Å². The van der Waals surface area contributed by atoms with Crippen LogP contribution >= 0.6 is 0 Å². The number of methoxy groups -OCH3 is 2. The molecule has 0 fully saturated rings. The van der Waals surface area contributed by atoms with Crippen LogP contribution in [0.15, 0.2) is 36.4 Å². The number of alkyl halides is 3. The fraction of sp³-hybridized carbons (Fsp3) is 0.316. The van der Waals surface area contributed by atoms with E-state index in [2.05, 4.69) is 4.18 Å². The summed E-state index contributed by atoms with van der Waals surface area (Å²) in [4.78, 5) is 0. The van der Waals surface area contributed by atoms with Gasteiger partial charge in [-0.2, -0.15) is 26.9 Å². The number of ether oxygens (including phenoxy) is 3. The maximum Gasteiger partial charge on any atom is 0.534 e. The van der Waals surface area contributed by atoms with E-state index in [1.54, 1.807) is 0 Å². The summed E-state index contributed by atoms with van der Waals surface area (Å²) in [6.07, 6.45) is -0.0285. The summed E-state index contributed by atoms with van der Waals surface area (Å²) in [6, 6.07) is 9.18. The predicted octanol–water partition coefficient (Wildman–Crippen LogP) is 2.62. The summed E-state index contributed by atoms with van der Waals surface area (Å²) >= 11 is -2.79. The van der Waals surface area contributed by atoms with E-state index in [1.165, 1.54) is 38.5 Å². The van der Waals surface area contributed by atoms with E-state index in [1.807, 2.05) is 6.07 Å². The summed E-state index contributed by atoms with van der Waals surface area (Å²) in [6.45, 7) is -0.524. The molecule has 0 amide bonds. The molecule has 0 heterocycles. The first-order valence-corrected chi connectivity index (χ1v) is 11.6. The van der Waals surface area contributed by atoms with Gasteiger partial charge in [0.2, 0.25) is 0 Å². The van der Waals surface area contributed by atoms with Crippen molar-refractivity contribution in [1.82, 2.24) is 0 Å². The van der Waals surface area contributed by atoms with Gasteiger partial charge in [-0.3, -0.25) is 8.51 Å². The first kappa shape index (κ1) is 27.2. The predicted molar refractivity (Wildman–Crippen MR) is 112 cm³/mol. The van der Waals surface area contributed by atoms with E-state index in [4.69, 9.17) is 19.5 Å². The molecule has 0 radical (unpaired) electrons. The lowest BCUT2D eigenvalue weighted by atomic mass is 10.1. The van der Waals surface area contributed by atoms with E-state index in [0.717, 1.165) is 16.4 Å². The molecule has 15 heteroatoms. The zero-order chi connectivity index (χ0) is 25.5. The zero-order valence-corrected chi connectivity index (χ0v) is 19.3. The Labute approximate surface area is 195 Å². The molecule has 2 aromatic carbocycles. The van der Waals surface area contributed by atoms with Crippen LogP contribution in [0.1, 0.15) is 11.1 Å². The minimum absolute atomic E-state index is 0.0285. The zero-order valence-electron chi connectivity index (χ0n) is 17.7. The van der Waals surface area contributed by atoms with Crippen LogP contribution in [0.3, 0.4) is 0 Å². The van der Waals surface area contributed by atoms with Crippen LogP contribution < -0.4 is 18.0 Å². The van der Waals surface area contributed by atoms with Crippen LogP contribution in [0.4, 0.5) is 18.9 Å². The molecule has 186 valence electrons. The van der Waals surface area contributed by atoms with Crippen LogP contribution in [0.2, 0.25) is 0 Å². The number of hydrogen-bond acceptors (Lipinski definition) is 9. The van der Waals surface area contributed by atoms with Gasteiger partial charge in [0, 0.05) is 31.0 Å². The summed E-state index contributed by atoms with van der Waals surface area (Å²) in [7, 11) is -3.30. The van der Waals surface area contributed by atoms with Crippen molar-refractivity contribution in [3.63, 3.8) is 0 Å². The Kier molecular flexibility index (Phi) is 9.10. The number of hydrogen-bond donors (Lipinski definition) is 0. The van der Waals surface area contributed by atoms with Crippen molar-refractivity contribution >= 4 is 27.1 Å². The number of nitriles is 1. The Hall–Kier alpha value is -3.06. The second-order valence-corrected chi connectivity index (χ2v) is 8.78. The normalized spacial score (nSPS) is 12.5. The number of anilines is 1. The van der Waals surface area contributed by atoms with Gasteiger partial charge < -0.3 is 22.9 Å². The van der Waals surface area contributed by atoms with Gasteiger partial charge >= 0.3 is 15.6 Å². The molecule has 0 aromatic heterocycles. The Morgan fingerprint density at radius 2 is 1.85 bits per heavy atom. The Morgan fingerprint density at radius 1 is 1.15 bits per heavy atom. The third-order valence-electron chi connectivity index (χ3n) is 4.20. The fourth-order valence-electron chi connectivity index (χ4n) is 2.68. The van der Waals surface area contributed by atoms with Gasteiger partial charge in [0.1, 0.15) is 17.2 Å². The highest BCUT2D eigenvalue weighted by molar-refractivity contribution is 7.88. The minimum Gasteiger partial charge on any atom is -0.755 e. The number of benzene rings is 2. The Balaban J connectivity index is 2.36. The SMILES string of the molecule is COCOc1cc(OS(=O)(=O)C(F)(F)F)ccc1CCN(c1cc(C#N)ccc1OC)S(=O)[O-]. The van der Waals surface area contributed by atoms with Gasteiger partial charge in [-0.25, -0.2) is 0 Å². The summed E-state index contributed by atoms with van der Waals surface area (Å²) in [5, 5.41) is 9.11. The molecule has 0 spiro atoms. The Bertz CT molecular complexity index is 1180. The lowest BCUT2D eigenvalue weighted by Crippen LogP contribution is -2.29. The molecule has 34 heavy (non-hydrogen) atoms. The molecule has 0 saturated carbocycles. The molecular weight excluding hydrogens is 505 g/mol. The van der Waals surface area contributed by atoms with Gasteiger partial charge in [-0.1, -0.05) is 6.07 Å². The summed E-state index contributed by atoms with van der Waals surface area (Å²) in [5.74, 6) is -0.578. The molecule has 10 nitrogen and oxygen atoms in total. The monoisotopic (exact) mass is 523 g/mol. The van der Waals surface area contributed by atoms with Gasteiger partial charge in [0.25, 0.3) is 0 Å². The van der Waals surface area contributed by atoms with Crippen LogP contribution in [-0.2, 0) is 32.5 Å². The quantitative estimate of drug-likeness (QED) is 0.188. The van der Waals surface area contributed by atoms with Crippen molar-refractivity contribution < 1.29 is 48.7 Å². The second kappa shape index (κ2) is 11.4. The number of rotatable bonds is 11. The highest BCUT2D eigenvalue weighted by Gasteiger charge is 2.48. The van der Waals surface area contributed by atoms with E-state index in [0.29, 0.717) is 5.56 Å². The third-order valence-corrected chi connectivity index (χ3v) is 5.92. The lowest BCUT2D eigenvalue weighted by Gasteiger charge is -2.28. The molecule has 2 aromatic rings. The van der Waals surface area contributed by atoms with Crippen molar-refractivity contribution in [3.05, 3.63) is 47.5 Å². The first-order valence-electron chi connectivity index (χ1n) is 9.14. The minimum atomic E-state index is -5.91. The number of halogens is 3. The van der Waals surface area contributed by atoms with Crippen molar-refractivity contribution in [2.24, 2.45) is 0 Å². The largest absolute Gasteiger partial charge is 0.755 e. The highest BCUT2D eigenvalue weighted by Crippen LogP contribution is 2.33. The molecule has 0 aliphatic rings. The smallest absolute Gasteiger partial charge is 0.534 e. The third kappa shape index (κ3) is 6.73. The average Bonchev–Trinajstić information content (AvgIpc) is 2.77. The van der Waals surface area contributed by atoms with Crippen LogP contribution in [-0.4, -0.2) is 50.2 Å². The summed E-state index contributed by atoms with van der Waals surface area (Å²) in [5.41, 5.74) is -5.05. The molecule has 0 saturated heterocycles. The van der Waals surface area contributed by atoms with Crippen molar-refractivity contribution in [2.75, 3.05) is 31.9 Å². The first-order chi connectivity index (χ1) is 15.9. The van der Waals surface area contributed by atoms with Gasteiger partial charge in [-0.05, 0) is 36.2 Å². The van der Waals surface area contributed by atoms with Gasteiger partial charge in [0.15, 0.2) is 6.79 Å². The number of nitrogens with zero attached hydrogens (tertiary/aromatic N) is 2. The summed E-state index contributed by atoms with van der Waals surface area (Å²) < 4.78 is 104. The van der Waals surface area contributed by atoms with Gasteiger partial charge in [0.05, 0.1) is 24.4 Å². The lowest BCUT2D eigenvalue weighted by molar-refractivity contribution is -0.0500. The van der Waals surface area contributed by atoms with E-state index < -0.39 is 32.6 Å². The fourth-order valence-corrected chi connectivity index (χ4v) is 3.67. The second-order valence-electron chi connectivity index (χ2n) is 6.37. The van der Waals surface area contributed by atoms with Gasteiger partial charge in [-0.15, -0.1) is 0 Å². The maximum absolute atomic E-state index is 12.6. The van der Waals surface area contributed by atoms with E-state index in [9.17, 15) is 30.4 Å². The van der Waals surface area contributed by atoms with Crippen LogP contribution in [0.5, 0.6) is 17.2 Å². The molecule has 1 atom stereocenters. The van der Waals surface area contributed by atoms with Crippen molar-refractivity contribution in [1.29, 1.82) is 5.26 Å². The average molecular weight is 523 g/mol. The van der Waals surface area contributed by atoms with Crippen LogP contribution in [0, 0.1) is 11.3 Å². The molecule has 0 N–H and O–H groups in total. The molecule has 0 aliphatic carbocycles. The molecule has 1 unspecified atom stereocenters. The highest BCUT2D eigenvalue weighted by atomic mass is 32.2. The maximum atomic E-state index is 12.6. The Morgan fingerprint density at radius 3 is 2.41 bits per heavy atom. The molecule has 0 aliphatic heterocycles. The molecular formula is C19H18F3N2O8S2-. The van der Waals surface area contributed by atoms with Crippen LogP contribution in [0.25, 0.3) is 0 Å². The van der Waals surface area contributed by atoms with E-state index >= 15 is 0 Å². The van der Waals surface area contributed by atoms with Crippen molar-refractivity contribution in [2.45, 2.75) is 11.9 Å². The molecule has 2 rings (SSSR count). The standard InChI is InChI=1S/C19H19F3N2O8S2/c1-29-12-31-18-10-15(32-34(27,28)19(20,21)22)5-4-14(18)7-8-24(33(25)26)16-9-13(11-23)3-6-17(16)30-2/h3-6,9-10H,7-8,12H2,1-2H3,(H,25,26)/p-1.